The predicted molar refractivity (Wildman–Crippen MR) is 70.1 cm³/mol. The molecule has 2 aromatic rings. The van der Waals surface area contributed by atoms with Crippen LogP contribution < -0.4 is 0 Å². The normalized spacial score (nSPS) is 14.6. The SMILES string of the molecule is O=C(O)c1cc2cc(C(O)C(O)CS)ccc2[nH]1. The van der Waals surface area contributed by atoms with Crippen LogP contribution in [0.4, 0.5) is 0 Å². The summed E-state index contributed by atoms with van der Waals surface area (Å²) in [5.41, 5.74) is 1.29. The van der Waals surface area contributed by atoms with Crippen LogP contribution >= 0.6 is 12.6 Å². The summed E-state index contributed by atoms with van der Waals surface area (Å²) >= 11 is 3.92. The molecule has 0 bridgehead atoms. The van der Waals surface area contributed by atoms with Crippen molar-refractivity contribution in [3.63, 3.8) is 0 Å². The van der Waals surface area contributed by atoms with Gasteiger partial charge in [-0.2, -0.15) is 12.6 Å². The van der Waals surface area contributed by atoms with Crippen molar-refractivity contribution in [2.45, 2.75) is 12.2 Å². The highest BCUT2D eigenvalue weighted by molar-refractivity contribution is 7.80. The number of carboxylic acids is 1. The molecule has 1 heterocycles. The van der Waals surface area contributed by atoms with Crippen LogP contribution in [0.2, 0.25) is 0 Å². The molecule has 4 N–H and O–H groups in total. The second kappa shape index (κ2) is 5.01. The Labute approximate surface area is 108 Å². The fourth-order valence-corrected chi connectivity index (χ4v) is 1.97. The number of fused-ring (bicyclic) bond motifs is 1. The van der Waals surface area contributed by atoms with Gasteiger partial charge in [0.05, 0.1) is 6.10 Å². The van der Waals surface area contributed by atoms with Gasteiger partial charge in [0.25, 0.3) is 0 Å². The number of carbonyl (C=O) groups is 1. The van der Waals surface area contributed by atoms with E-state index in [0.717, 1.165) is 0 Å². The minimum absolute atomic E-state index is 0.0892. The summed E-state index contributed by atoms with van der Waals surface area (Å²) in [5.74, 6) is -0.893. The summed E-state index contributed by atoms with van der Waals surface area (Å²) in [7, 11) is 0. The van der Waals surface area contributed by atoms with Crippen LogP contribution in [0.1, 0.15) is 22.2 Å². The van der Waals surface area contributed by atoms with Gasteiger partial charge in [0.1, 0.15) is 11.8 Å². The number of aromatic amines is 1. The van der Waals surface area contributed by atoms with E-state index in [9.17, 15) is 15.0 Å². The molecule has 5 nitrogen and oxygen atoms in total. The van der Waals surface area contributed by atoms with E-state index in [2.05, 4.69) is 17.6 Å². The van der Waals surface area contributed by atoms with Crippen LogP contribution in [0.3, 0.4) is 0 Å². The highest BCUT2D eigenvalue weighted by Crippen LogP contribution is 2.23. The van der Waals surface area contributed by atoms with Crippen LogP contribution in [-0.4, -0.2) is 38.1 Å². The zero-order valence-electron chi connectivity index (χ0n) is 9.37. The number of carboxylic acid groups (broad SMARTS) is 1. The Kier molecular flexibility index (Phi) is 3.60. The van der Waals surface area contributed by atoms with Gasteiger partial charge in [0, 0.05) is 16.7 Å². The lowest BCUT2D eigenvalue weighted by atomic mass is 10.0. The lowest BCUT2D eigenvalue weighted by Gasteiger charge is -2.15. The zero-order valence-corrected chi connectivity index (χ0v) is 10.3. The third-order valence-electron chi connectivity index (χ3n) is 2.77. The molecule has 0 spiro atoms. The highest BCUT2D eigenvalue weighted by Gasteiger charge is 2.17. The topological polar surface area (TPSA) is 93.6 Å². The van der Waals surface area contributed by atoms with Gasteiger partial charge in [-0.25, -0.2) is 4.79 Å². The molecule has 0 radical (unpaired) electrons. The van der Waals surface area contributed by atoms with Gasteiger partial charge in [0.2, 0.25) is 0 Å². The van der Waals surface area contributed by atoms with Gasteiger partial charge in [-0.05, 0) is 23.8 Å². The van der Waals surface area contributed by atoms with Crippen molar-refractivity contribution in [1.29, 1.82) is 0 Å². The molecular weight excluding hydrogens is 254 g/mol. The molecular formula is C12H13NO4S. The first-order chi connectivity index (χ1) is 8.52. The molecule has 0 fully saturated rings. The number of H-pyrrole nitrogens is 1. The number of aromatic nitrogens is 1. The van der Waals surface area contributed by atoms with Crippen LogP contribution in [-0.2, 0) is 0 Å². The Bertz CT molecular complexity index is 580. The van der Waals surface area contributed by atoms with E-state index in [4.69, 9.17) is 5.11 Å². The van der Waals surface area contributed by atoms with Crippen LogP contribution in [0.15, 0.2) is 24.3 Å². The Morgan fingerprint density at radius 3 is 2.67 bits per heavy atom. The molecule has 0 amide bonds. The molecule has 1 aromatic carbocycles. The summed E-state index contributed by atoms with van der Waals surface area (Å²) in [4.78, 5) is 13.6. The number of aliphatic hydroxyl groups is 2. The standard InChI is InChI=1S/C12H13NO4S/c14-10(5-18)11(15)6-1-2-8-7(3-6)4-9(13-8)12(16)17/h1-4,10-11,13-15,18H,5H2,(H,16,17). The maximum atomic E-state index is 10.8. The second-order valence-electron chi connectivity index (χ2n) is 4.03. The summed E-state index contributed by atoms with van der Waals surface area (Å²) in [6.07, 6.45) is -1.99. The van der Waals surface area contributed by atoms with E-state index in [1.807, 2.05) is 0 Å². The van der Waals surface area contributed by atoms with Crippen molar-refractivity contribution in [2.75, 3.05) is 5.75 Å². The summed E-state index contributed by atoms with van der Waals surface area (Å²) < 4.78 is 0. The average Bonchev–Trinajstić information content (AvgIpc) is 2.79. The maximum Gasteiger partial charge on any atom is 0.352 e. The highest BCUT2D eigenvalue weighted by atomic mass is 32.1. The van der Waals surface area contributed by atoms with Crippen molar-refractivity contribution in [1.82, 2.24) is 4.98 Å². The second-order valence-corrected chi connectivity index (χ2v) is 4.39. The predicted octanol–water partition coefficient (Wildman–Crippen LogP) is 1.19. The molecule has 0 aliphatic rings. The molecule has 0 aliphatic carbocycles. The Morgan fingerprint density at radius 2 is 2.06 bits per heavy atom. The van der Waals surface area contributed by atoms with Crippen molar-refractivity contribution in [3.05, 3.63) is 35.5 Å². The minimum Gasteiger partial charge on any atom is -0.477 e. The monoisotopic (exact) mass is 267 g/mol. The molecule has 0 saturated carbocycles. The molecule has 2 rings (SSSR count). The van der Waals surface area contributed by atoms with Crippen LogP contribution in [0, 0.1) is 0 Å². The van der Waals surface area contributed by atoms with Crippen molar-refractivity contribution in [2.24, 2.45) is 0 Å². The first-order valence-electron chi connectivity index (χ1n) is 5.36. The number of benzene rings is 1. The van der Waals surface area contributed by atoms with E-state index in [-0.39, 0.29) is 11.4 Å². The number of aromatic carboxylic acids is 1. The van der Waals surface area contributed by atoms with Crippen molar-refractivity contribution < 1.29 is 20.1 Å². The summed E-state index contributed by atoms with van der Waals surface area (Å²) in [5, 5.41) is 28.9. The third-order valence-corrected chi connectivity index (χ3v) is 3.14. The van der Waals surface area contributed by atoms with Gasteiger partial charge in [-0.1, -0.05) is 6.07 Å². The molecule has 1 aromatic heterocycles. The van der Waals surface area contributed by atoms with Gasteiger partial charge in [-0.15, -0.1) is 0 Å². The average molecular weight is 267 g/mol. The third kappa shape index (κ3) is 2.35. The number of rotatable bonds is 4. The van der Waals surface area contributed by atoms with Gasteiger partial charge in [0.15, 0.2) is 0 Å². The Hall–Kier alpha value is -1.50. The quantitative estimate of drug-likeness (QED) is 0.538. The lowest BCUT2D eigenvalue weighted by Crippen LogP contribution is -2.19. The maximum absolute atomic E-state index is 10.8. The van der Waals surface area contributed by atoms with Crippen LogP contribution in [0.5, 0.6) is 0 Å². The molecule has 0 aliphatic heterocycles. The van der Waals surface area contributed by atoms with E-state index < -0.39 is 18.2 Å². The van der Waals surface area contributed by atoms with E-state index in [1.165, 1.54) is 6.07 Å². The fourth-order valence-electron chi connectivity index (χ4n) is 1.77. The number of hydrogen-bond donors (Lipinski definition) is 5. The van der Waals surface area contributed by atoms with Crippen molar-refractivity contribution >= 4 is 29.5 Å². The molecule has 6 heteroatoms. The van der Waals surface area contributed by atoms with Gasteiger partial charge >= 0.3 is 5.97 Å². The molecule has 0 saturated heterocycles. The zero-order chi connectivity index (χ0) is 13.3. The molecule has 18 heavy (non-hydrogen) atoms. The fraction of sp³-hybridized carbons (Fsp3) is 0.250. The van der Waals surface area contributed by atoms with Gasteiger partial charge < -0.3 is 20.3 Å². The van der Waals surface area contributed by atoms with E-state index >= 15 is 0 Å². The number of nitrogens with one attached hydrogen (secondary N) is 1. The molecule has 2 unspecified atom stereocenters. The molecule has 96 valence electrons. The van der Waals surface area contributed by atoms with Crippen molar-refractivity contribution in [3.8, 4) is 0 Å². The first-order valence-corrected chi connectivity index (χ1v) is 5.99. The summed E-state index contributed by atoms with van der Waals surface area (Å²) in [6.45, 7) is 0. The minimum atomic E-state index is -1.04. The number of hydrogen-bond acceptors (Lipinski definition) is 4. The lowest BCUT2D eigenvalue weighted by molar-refractivity contribution is 0.0338. The van der Waals surface area contributed by atoms with Crippen LogP contribution in [0.25, 0.3) is 10.9 Å². The smallest absolute Gasteiger partial charge is 0.352 e. The Morgan fingerprint density at radius 1 is 1.33 bits per heavy atom. The van der Waals surface area contributed by atoms with E-state index in [0.29, 0.717) is 16.5 Å². The first kappa shape index (κ1) is 12.9. The number of thiol groups is 1. The molecule has 2 atom stereocenters. The van der Waals surface area contributed by atoms with Gasteiger partial charge in [-0.3, -0.25) is 0 Å². The number of aliphatic hydroxyl groups excluding tert-OH is 2. The Balaban J connectivity index is 2.40. The van der Waals surface area contributed by atoms with E-state index in [1.54, 1.807) is 18.2 Å². The largest absolute Gasteiger partial charge is 0.477 e. The summed E-state index contributed by atoms with van der Waals surface area (Å²) in [6, 6.07) is 6.45.